The summed E-state index contributed by atoms with van der Waals surface area (Å²) in [6.07, 6.45) is 0.353. The number of hydrogen-bond donors (Lipinski definition) is 1. The molecule has 18 heavy (non-hydrogen) atoms. The molecule has 0 saturated carbocycles. The van der Waals surface area contributed by atoms with E-state index in [1.807, 2.05) is 11.0 Å². The van der Waals surface area contributed by atoms with Crippen LogP contribution >= 0.6 is 0 Å². The summed E-state index contributed by atoms with van der Waals surface area (Å²) >= 11 is 0. The summed E-state index contributed by atoms with van der Waals surface area (Å²) in [5, 5.41) is 24.7. The van der Waals surface area contributed by atoms with Gasteiger partial charge in [0.25, 0.3) is 0 Å². The van der Waals surface area contributed by atoms with Gasteiger partial charge in [0.15, 0.2) is 11.5 Å². The second-order valence-corrected chi connectivity index (χ2v) is 3.47. The van der Waals surface area contributed by atoms with Crippen LogP contribution in [0.4, 0.5) is 5.82 Å². The molecule has 0 radical (unpaired) electrons. The van der Waals surface area contributed by atoms with Crippen LogP contribution in [-0.2, 0) is 4.74 Å². The molecule has 1 rings (SSSR count). The van der Waals surface area contributed by atoms with E-state index in [0.717, 1.165) is 0 Å². The van der Waals surface area contributed by atoms with E-state index in [1.54, 1.807) is 13.2 Å². The van der Waals surface area contributed by atoms with Crippen LogP contribution in [0.25, 0.3) is 0 Å². The van der Waals surface area contributed by atoms with Gasteiger partial charge in [-0.2, -0.15) is 5.26 Å². The van der Waals surface area contributed by atoms with Crippen LogP contribution in [-0.4, -0.2) is 48.1 Å². The Hall–Kier alpha value is -2.20. The fraction of sp³-hybridized carbons (Fsp3) is 0.455. The standard InChI is InChI=1S/C11H14N4O3/c1-18-8-7-15(6-2-5-12)10-4-3-9(11(16)17)13-14-10/h3-4H,2,6-8H2,1H3,(H,16,17). The average Bonchev–Trinajstić information content (AvgIpc) is 2.39. The number of carbonyl (C=O) groups is 1. The number of carboxylic acid groups (broad SMARTS) is 1. The van der Waals surface area contributed by atoms with Gasteiger partial charge in [-0.1, -0.05) is 0 Å². The Morgan fingerprint density at radius 2 is 2.28 bits per heavy atom. The predicted octanol–water partition coefficient (Wildman–Crippen LogP) is 0.541. The van der Waals surface area contributed by atoms with Gasteiger partial charge in [0.05, 0.1) is 19.1 Å². The smallest absolute Gasteiger partial charge is 0.356 e. The highest BCUT2D eigenvalue weighted by atomic mass is 16.5. The highest BCUT2D eigenvalue weighted by Gasteiger charge is 2.10. The topological polar surface area (TPSA) is 99.3 Å². The molecular formula is C11H14N4O3. The molecule has 0 aliphatic rings. The third-order valence-corrected chi connectivity index (χ3v) is 2.25. The van der Waals surface area contributed by atoms with Gasteiger partial charge in [-0.15, -0.1) is 10.2 Å². The molecule has 0 aliphatic carbocycles. The number of ether oxygens (including phenoxy) is 1. The number of aromatic nitrogens is 2. The number of anilines is 1. The Bertz CT molecular complexity index is 427. The molecule has 1 aromatic rings. The molecule has 0 spiro atoms. The van der Waals surface area contributed by atoms with E-state index in [-0.39, 0.29) is 5.69 Å². The lowest BCUT2D eigenvalue weighted by molar-refractivity contribution is 0.0689. The van der Waals surface area contributed by atoms with E-state index in [0.29, 0.717) is 31.9 Å². The number of methoxy groups -OCH3 is 1. The largest absolute Gasteiger partial charge is 0.476 e. The van der Waals surface area contributed by atoms with Crippen LogP contribution in [0, 0.1) is 11.3 Å². The van der Waals surface area contributed by atoms with Crippen LogP contribution in [0.15, 0.2) is 12.1 Å². The van der Waals surface area contributed by atoms with Gasteiger partial charge >= 0.3 is 5.97 Å². The van der Waals surface area contributed by atoms with Gasteiger partial charge in [0.2, 0.25) is 0 Å². The summed E-state index contributed by atoms with van der Waals surface area (Å²) in [5.74, 6) is -0.582. The van der Waals surface area contributed by atoms with Crippen molar-refractivity contribution in [3.8, 4) is 6.07 Å². The highest BCUT2D eigenvalue weighted by molar-refractivity contribution is 5.85. The molecule has 0 bridgehead atoms. The summed E-state index contributed by atoms with van der Waals surface area (Å²) in [6.45, 7) is 1.56. The molecule has 0 amide bonds. The zero-order valence-electron chi connectivity index (χ0n) is 10.0. The SMILES string of the molecule is COCCN(CCC#N)c1ccc(C(=O)O)nn1. The van der Waals surface area contributed by atoms with Gasteiger partial charge in [-0.3, -0.25) is 0 Å². The van der Waals surface area contributed by atoms with Gasteiger partial charge in [0.1, 0.15) is 0 Å². The molecule has 1 heterocycles. The van der Waals surface area contributed by atoms with Crippen molar-refractivity contribution in [3.05, 3.63) is 17.8 Å². The molecule has 0 atom stereocenters. The molecule has 7 nitrogen and oxygen atoms in total. The van der Waals surface area contributed by atoms with Crippen molar-refractivity contribution in [3.63, 3.8) is 0 Å². The van der Waals surface area contributed by atoms with E-state index in [2.05, 4.69) is 10.2 Å². The van der Waals surface area contributed by atoms with Crippen LogP contribution in [0.2, 0.25) is 0 Å². The van der Waals surface area contributed by atoms with E-state index in [9.17, 15) is 4.79 Å². The Labute approximate surface area is 105 Å². The molecule has 0 saturated heterocycles. The maximum atomic E-state index is 10.6. The minimum Gasteiger partial charge on any atom is -0.476 e. The van der Waals surface area contributed by atoms with Crippen LogP contribution in [0.3, 0.4) is 0 Å². The first kappa shape index (κ1) is 13.9. The minimum atomic E-state index is -1.12. The summed E-state index contributed by atoms with van der Waals surface area (Å²) in [5.41, 5.74) is -0.106. The Kier molecular flexibility index (Phi) is 5.54. The van der Waals surface area contributed by atoms with Gasteiger partial charge in [-0.25, -0.2) is 4.79 Å². The predicted molar refractivity (Wildman–Crippen MR) is 63.3 cm³/mol. The normalized spacial score (nSPS) is 9.78. The summed E-state index contributed by atoms with van der Waals surface area (Å²) in [4.78, 5) is 12.5. The zero-order valence-corrected chi connectivity index (χ0v) is 10.0. The monoisotopic (exact) mass is 250 g/mol. The number of aromatic carboxylic acids is 1. The van der Waals surface area contributed by atoms with Crippen LogP contribution < -0.4 is 4.90 Å². The van der Waals surface area contributed by atoms with Crippen LogP contribution in [0.1, 0.15) is 16.9 Å². The van der Waals surface area contributed by atoms with Crippen molar-refractivity contribution < 1.29 is 14.6 Å². The van der Waals surface area contributed by atoms with Crippen molar-refractivity contribution in [2.24, 2.45) is 0 Å². The summed E-state index contributed by atoms with van der Waals surface area (Å²) in [7, 11) is 1.58. The maximum Gasteiger partial charge on any atom is 0.356 e. The molecule has 1 aromatic heterocycles. The lowest BCUT2D eigenvalue weighted by atomic mass is 10.3. The first-order chi connectivity index (χ1) is 8.69. The number of rotatable bonds is 7. The molecule has 0 fully saturated rings. The van der Waals surface area contributed by atoms with E-state index in [4.69, 9.17) is 15.1 Å². The average molecular weight is 250 g/mol. The maximum absolute atomic E-state index is 10.6. The van der Waals surface area contributed by atoms with Crippen molar-refractivity contribution in [2.45, 2.75) is 6.42 Å². The van der Waals surface area contributed by atoms with E-state index < -0.39 is 5.97 Å². The fourth-order valence-electron chi connectivity index (χ4n) is 1.34. The highest BCUT2D eigenvalue weighted by Crippen LogP contribution is 2.10. The second-order valence-electron chi connectivity index (χ2n) is 3.47. The number of nitrogens with zero attached hydrogens (tertiary/aromatic N) is 4. The first-order valence-electron chi connectivity index (χ1n) is 5.37. The van der Waals surface area contributed by atoms with Gasteiger partial charge in [-0.05, 0) is 12.1 Å². The Balaban J connectivity index is 2.77. The van der Waals surface area contributed by atoms with Crippen molar-refractivity contribution >= 4 is 11.8 Å². The van der Waals surface area contributed by atoms with E-state index >= 15 is 0 Å². The number of nitriles is 1. The molecule has 96 valence electrons. The minimum absolute atomic E-state index is 0.106. The number of carboxylic acids is 1. The van der Waals surface area contributed by atoms with E-state index in [1.165, 1.54) is 6.07 Å². The molecule has 0 aromatic carbocycles. The molecule has 0 aliphatic heterocycles. The summed E-state index contributed by atoms with van der Waals surface area (Å²) in [6, 6.07) is 5.01. The molecular weight excluding hydrogens is 236 g/mol. The third-order valence-electron chi connectivity index (χ3n) is 2.25. The van der Waals surface area contributed by atoms with Crippen molar-refractivity contribution in [2.75, 3.05) is 31.7 Å². The summed E-state index contributed by atoms with van der Waals surface area (Å²) < 4.78 is 4.97. The zero-order chi connectivity index (χ0) is 13.4. The van der Waals surface area contributed by atoms with Gasteiger partial charge < -0.3 is 14.7 Å². The quantitative estimate of drug-likeness (QED) is 0.753. The van der Waals surface area contributed by atoms with Crippen LogP contribution in [0.5, 0.6) is 0 Å². The lowest BCUT2D eigenvalue weighted by Gasteiger charge is -2.21. The lowest BCUT2D eigenvalue weighted by Crippen LogP contribution is -2.29. The third kappa shape index (κ3) is 3.99. The fourth-order valence-corrected chi connectivity index (χ4v) is 1.34. The van der Waals surface area contributed by atoms with Crippen molar-refractivity contribution in [1.82, 2.24) is 10.2 Å². The molecule has 0 unspecified atom stereocenters. The van der Waals surface area contributed by atoms with Gasteiger partial charge in [0, 0.05) is 20.2 Å². The Morgan fingerprint density at radius 3 is 2.78 bits per heavy atom. The number of hydrogen-bond acceptors (Lipinski definition) is 6. The second kappa shape index (κ2) is 7.19. The molecule has 7 heteroatoms. The Morgan fingerprint density at radius 1 is 1.50 bits per heavy atom. The van der Waals surface area contributed by atoms with Crippen molar-refractivity contribution in [1.29, 1.82) is 5.26 Å². The first-order valence-corrected chi connectivity index (χ1v) is 5.37. The molecule has 1 N–H and O–H groups in total.